The van der Waals surface area contributed by atoms with Crippen LogP contribution in [0.4, 0.5) is 5.69 Å². The van der Waals surface area contributed by atoms with Gasteiger partial charge in [0, 0.05) is 29.3 Å². The molecule has 3 N–H and O–H groups in total. The molecular weight excluding hydrogens is 326 g/mol. The van der Waals surface area contributed by atoms with Gasteiger partial charge in [0.15, 0.2) is 0 Å². The van der Waals surface area contributed by atoms with E-state index in [2.05, 4.69) is 28.2 Å². The van der Waals surface area contributed by atoms with Crippen LogP contribution in [0.1, 0.15) is 18.9 Å². The molecule has 6 heteroatoms. The van der Waals surface area contributed by atoms with Crippen LogP contribution in [-0.2, 0) is 4.79 Å². The summed E-state index contributed by atoms with van der Waals surface area (Å²) in [6.45, 7) is 3.12. The summed E-state index contributed by atoms with van der Waals surface area (Å²) < 4.78 is 0.931. The van der Waals surface area contributed by atoms with Crippen molar-refractivity contribution in [1.82, 2.24) is 5.32 Å². The zero-order valence-corrected chi connectivity index (χ0v) is 13.5. The molecule has 19 heavy (non-hydrogen) atoms. The molecule has 1 amide bonds. The summed E-state index contributed by atoms with van der Waals surface area (Å²) in [5, 5.41) is 2.63. The summed E-state index contributed by atoms with van der Waals surface area (Å²) in [4.78, 5) is 13.9. The SMILES string of the molecule is CCCN(CC(=O)NC)c1cc(Br)ccc1C(N)=S. The molecule has 0 bridgehead atoms. The number of hydrogen-bond acceptors (Lipinski definition) is 3. The lowest BCUT2D eigenvalue weighted by Gasteiger charge is -2.26. The second-order valence-corrected chi connectivity index (χ2v) is 5.48. The van der Waals surface area contributed by atoms with Crippen LogP contribution >= 0.6 is 28.1 Å². The third kappa shape index (κ3) is 4.47. The number of rotatable bonds is 6. The van der Waals surface area contributed by atoms with Gasteiger partial charge in [0.25, 0.3) is 0 Å². The number of nitrogens with two attached hydrogens (primary N) is 1. The third-order valence-electron chi connectivity index (χ3n) is 2.67. The highest BCUT2D eigenvalue weighted by molar-refractivity contribution is 9.10. The fourth-order valence-electron chi connectivity index (χ4n) is 1.78. The molecule has 1 rings (SSSR count). The quantitative estimate of drug-likeness (QED) is 0.776. The average Bonchev–Trinajstić information content (AvgIpc) is 2.37. The van der Waals surface area contributed by atoms with Crippen LogP contribution in [0.15, 0.2) is 22.7 Å². The lowest BCUT2D eigenvalue weighted by Crippen LogP contribution is -2.37. The number of nitrogens with one attached hydrogen (secondary N) is 1. The van der Waals surface area contributed by atoms with Crippen LogP contribution in [0, 0.1) is 0 Å². The van der Waals surface area contributed by atoms with Crippen LogP contribution in [-0.4, -0.2) is 31.0 Å². The Morgan fingerprint density at radius 1 is 1.53 bits per heavy atom. The lowest BCUT2D eigenvalue weighted by atomic mass is 10.1. The van der Waals surface area contributed by atoms with Gasteiger partial charge in [-0.25, -0.2) is 0 Å². The minimum atomic E-state index is -0.0395. The number of halogens is 1. The van der Waals surface area contributed by atoms with Crippen molar-refractivity contribution >= 4 is 44.7 Å². The van der Waals surface area contributed by atoms with Crippen LogP contribution in [0.25, 0.3) is 0 Å². The summed E-state index contributed by atoms with van der Waals surface area (Å²) in [6, 6.07) is 5.70. The largest absolute Gasteiger partial charge is 0.389 e. The molecule has 0 aliphatic heterocycles. The first-order valence-electron chi connectivity index (χ1n) is 6.04. The van der Waals surface area contributed by atoms with Gasteiger partial charge in [-0.1, -0.05) is 35.1 Å². The highest BCUT2D eigenvalue weighted by Crippen LogP contribution is 2.25. The number of hydrogen-bond donors (Lipinski definition) is 2. The molecule has 0 radical (unpaired) electrons. The van der Waals surface area contributed by atoms with Gasteiger partial charge in [-0.05, 0) is 24.6 Å². The van der Waals surface area contributed by atoms with Gasteiger partial charge in [-0.3, -0.25) is 4.79 Å². The molecule has 0 aromatic heterocycles. The van der Waals surface area contributed by atoms with Gasteiger partial charge in [-0.2, -0.15) is 0 Å². The molecule has 0 heterocycles. The molecular formula is C13H18BrN3OS. The Hall–Kier alpha value is -1.14. The van der Waals surface area contributed by atoms with Crippen LogP contribution in [0.2, 0.25) is 0 Å². The molecule has 0 atom stereocenters. The molecule has 4 nitrogen and oxygen atoms in total. The van der Waals surface area contributed by atoms with E-state index in [9.17, 15) is 4.79 Å². The number of likely N-dealkylation sites (N-methyl/N-ethyl adjacent to an activating group) is 1. The molecule has 0 aliphatic rings. The summed E-state index contributed by atoms with van der Waals surface area (Å²) in [6.07, 6.45) is 0.931. The molecule has 0 aliphatic carbocycles. The Morgan fingerprint density at radius 3 is 2.74 bits per heavy atom. The van der Waals surface area contributed by atoms with Gasteiger partial charge >= 0.3 is 0 Å². The average molecular weight is 344 g/mol. The highest BCUT2D eigenvalue weighted by atomic mass is 79.9. The first kappa shape index (κ1) is 15.9. The molecule has 0 fully saturated rings. The number of anilines is 1. The first-order valence-corrected chi connectivity index (χ1v) is 7.24. The van der Waals surface area contributed by atoms with E-state index in [0.29, 0.717) is 4.99 Å². The van der Waals surface area contributed by atoms with Gasteiger partial charge in [0.1, 0.15) is 4.99 Å². The van der Waals surface area contributed by atoms with Crippen molar-refractivity contribution < 1.29 is 4.79 Å². The van der Waals surface area contributed by atoms with E-state index in [1.165, 1.54) is 0 Å². The molecule has 0 saturated heterocycles. The van der Waals surface area contributed by atoms with Crippen molar-refractivity contribution in [2.24, 2.45) is 5.73 Å². The molecule has 104 valence electrons. The predicted molar refractivity (Wildman–Crippen MR) is 86.6 cm³/mol. The summed E-state index contributed by atoms with van der Waals surface area (Å²) in [5.74, 6) is -0.0395. The Bertz CT molecular complexity index is 479. The molecule has 0 saturated carbocycles. The second kappa shape index (κ2) is 7.45. The van der Waals surface area contributed by atoms with E-state index in [1.54, 1.807) is 7.05 Å². The number of carbonyl (C=O) groups is 1. The number of benzene rings is 1. The van der Waals surface area contributed by atoms with Crippen LogP contribution in [0.3, 0.4) is 0 Å². The highest BCUT2D eigenvalue weighted by Gasteiger charge is 2.15. The topological polar surface area (TPSA) is 58.4 Å². The number of amides is 1. The molecule has 1 aromatic carbocycles. The zero-order chi connectivity index (χ0) is 14.4. The normalized spacial score (nSPS) is 10.1. The minimum absolute atomic E-state index is 0.0395. The van der Waals surface area contributed by atoms with Crippen LogP contribution in [0.5, 0.6) is 0 Å². The van der Waals surface area contributed by atoms with Crippen molar-refractivity contribution in [1.29, 1.82) is 0 Å². The van der Waals surface area contributed by atoms with Gasteiger partial charge in [0.2, 0.25) is 5.91 Å². The Kier molecular flexibility index (Phi) is 6.24. The predicted octanol–water partition coefficient (Wildman–Crippen LogP) is 2.05. The number of nitrogens with zero attached hydrogens (tertiary/aromatic N) is 1. The van der Waals surface area contributed by atoms with Crippen molar-refractivity contribution in [2.45, 2.75) is 13.3 Å². The first-order chi connectivity index (χ1) is 8.99. The molecule has 0 unspecified atom stereocenters. The van der Waals surface area contributed by atoms with E-state index >= 15 is 0 Å². The second-order valence-electron chi connectivity index (χ2n) is 4.12. The lowest BCUT2D eigenvalue weighted by molar-refractivity contribution is -0.119. The minimum Gasteiger partial charge on any atom is -0.389 e. The third-order valence-corrected chi connectivity index (χ3v) is 3.39. The fourth-order valence-corrected chi connectivity index (χ4v) is 2.30. The van der Waals surface area contributed by atoms with E-state index in [1.807, 2.05) is 23.1 Å². The molecule has 1 aromatic rings. The summed E-state index contributed by atoms with van der Waals surface area (Å²) >= 11 is 8.51. The maximum absolute atomic E-state index is 11.6. The summed E-state index contributed by atoms with van der Waals surface area (Å²) in [5.41, 5.74) is 7.42. The van der Waals surface area contributed by atoms with E-state index in [0.717, 1.165) is 28.7 Å². The monoisotopic (exact) mass is 343 g/mol. The number of carbonyl (C=O) groups excluding carboxylic acids is 1. The summed E-state index contributed by atoms with van der Waals surface area (Å²) in [7, 11) is 1.63. The number of thiocarbonyl (C=S) groups is 1. The smallest absolute Gasteiger partial charge is 0.239 e. The van der Waals surface area contributed by atoms with E-state index in [-0.39, 0.29) is 12.5 Å². The van der Waals surface area contributed by atoms with Crippen molar-refractivity contribution in [3.8, 4) is 0 Å². The molecule has 0 spiro atoms. The standard InChI is InChI=1S/C13H18BrN3OS/c1-3-6-17(8-12(18)16-2)11-7-9(14)4-5-10(11)13(15)19/h4-5,7H,3,6,8H2,1-2H3,(H2,15,19)(H,16,18). The fraction of sp³-hybridized carbons (Fsp3) is 0.385. The maximum Gasteiger partial charge on any atom is 0.239 e. The Morgan fingerprint density at radius 2 is 2.21 bits per heavy atom. The maximum atomic E-state index is 11.6. The van der Waals surface area contributed by atoms with Crippen LogP contribution < -0.4 is 16.0 Å². The van der Waals surface area contributed by atoms with Crippen molar-refractivity contribution in [2.75, 3.05) is 25.0 Å². The van der Waals surface area contributed by atoms with Gasteiger partial charge < -0.3 is 16.0 Å². The zero-order valence-electron chi connectivity index (χ0n) is 11.1. The van der Waals surface area contributed by atoms with Crippen molar-refractivity contribution in [3.63, 3.8) is 0 Å². The van der Waals surface area contributed by atoms with Gasteiger partial charge in [0.05, 0.1) is 6.54 Å². The van der Waals surface area contributed by atoms with E-state index < -0.39 is 0 Å². The van der Waals surface area contributed by atoms with E-state index in [4.69, 9.17) is 18.0 Å². The van der Waals surface area contributed by atoms with Crippen molar-refractivity contribution in [3.05, 3.63) is 28.2 Å². The van der Waals surface area contributed by atoms with Gasteiger partial charge in [-0.15, -0.1) is 0 Å². The Labute approximate surface area is 127 Å². The Balaban J connectivity index is 3.16.